The highest BCUT2D eigenvalue weighted by Crippen LogP contribution is 2.23. The zero-order valence-corrected chi connectivity index (χ0v) is 15.1. The summed E-state index contributed by atoms with van der Waals surface area (Å²) in [4.78, 5) is 12.2. The molecule has 3 N–H and O–H groups in total. The van der Waals surface area contributed by atoms with Gasteiger partial charge in [-0.05, 0) is 32.0 Å². The van der Waals surface area contributed by atoms with Gasteiger partial charge in [-0.1, -0.05) is 48.0 Å². The van der Waals surface area contributed by atoms with Crippen LogP contribution in [0.4, 0.5) is 0 Å². The molecule has 0 aliphatic heterocycles. The molecular weight excluding hydrogens is 336 g/mol. The molecule has 2 aromatic carbocycles. The molecule has 0 bridgehead atoms. The van der Waals surface area contributed by atoms with E-state index in [9.17, 15) is 4.79 Å². The largest absolute Gasteiger partial charge is 0.459 e. The third kappa shape index (κ3) is 4.21. The van der Waals surface area contributed by atoms with E-state index in [2.05, 4.69) is 5.32 Å². The number of hydrogen-bond donors (Lipinski definition) is 2. The maximum atomic E-state index is 12.2. The van der Waals surface area contributed by atoms with E-state index in [0.29, 0.717) is 6.54 Å². The van der Waals surface area contributed by atoms with Gasteiger partial charge in [0.1, 0.15) is 17.4 Å². The van der Waals surface area contributed by atoms with E-state index < -0.39 is 0 Å². The average molecular weight is 358 g/mol. The third-order valence-electron chi connectivity index (χ3n) is 4.30. The summed E-state index contributed by atoms with van der Waals surface area (Å²) < 4.78 is 5.80. The highest BCUT2D eigenvalue weighted by atomic mass is 35.5. The minimum atomic E-state index is -0.177. The molecule has 2 atom stereocenters. The molecular formula is C20H22ClN2O2+. The van der Waals surface area contributed by atoms with Crippen molar-refractivity contribution >= 4 is 28.5 Å². The maximum absolute atomic E-state index is 12.2. The van der Waals surface area contributed by atoms with Crippen LogP contribution in [0, 0.1) is 0 Å². The summed E-state index contributed by atoms with van der Waals surface area (Å²) in [6, 6.07) is 17.4. The Bertz CT molecular complexity index is 842. The second-order valence-corrected chi connectivity index (χ2v) is 6.63. The van der Waals surface area contributed by atoms with Crippen molar-refractivity contribution in [2.45, 2.75) is 25.9 Å². The Morgan fingerprint density at radius 2 is 1.88 bits per heavy atom. The zero-order chi connectivity index (χ0) is 17.8. The first-order valence-electron chi connectivity index (χ1n) is 8.40. The molecule has 0 saturated carbocycles. The molecule has 5 heteroatoms. The molecule has 0 saturated heterocycles. The number of quaternary nitrogens is 1. The van der Waals surface area contributed by atoms with Gasteiger partial charge in [0.2, 0.25) is 0 Å². The van der Waals surface area contributed by atoms with Crippen molar-refractivity contribution in [3.8, 4) is 0 Å². The van der Waals surface area contributed by atoms with Crippen LogP contribution in [-0.2, 0) is 4.79 Å². The number of amides is 1. The van der Waals surface area contributed by atoms with E-state index in [4.69, 9.17) is 16.0 Å². The van der Waals surface area contributed by atoms with Crippen molar-refractivity contribution in [3.05, 3.63) is 70.9 Å². The molecule has 0 fully saturated rings. The SMILES string of the molecule is C[C@H](NC(=O)C[NH2+][C@@H](C)c1ccccc1Cl)c1cc2ccccc2o1. The summed E-state index contributed by atoms with van der Waals surface area (Å²) in [5.74, 6) is 0.723. The van der Waals surface area contributed by atoms with Crippen LogP contribution in [0.25, 0.3) is 11.0 Å². The number of halogens is 1. The van der Waals surface area contributed by atoms with Crippen molar-refractivity contribution in [3.63, 3.8) is 0 Å². The fourth-order valence-electron chi connectivity index (χ4n) is 2.84. The Morgan fingerprint density at radius 1 is 1.16 bits per heavy atom. The molecule has 0 aliphatic carbocycles. The topological polar surface area (TPSA) is 58.9 Å². The minimum absolute atomic E-state index is 0.0353. The number of benzene rings is 2. The Morgan fingerprint density at radius 3 is 2.64 bits per heavy atom. The fourth-order valence-corrected chi connectivity index (χ4v) is 3.15. The second-order valence-electron chi connectivity index (χ2n) is 6.23. The second kappa shape index (κ2) is 7.72. The van der Waals surface area contributed by atoms with Gasteiger partial charge in [-0.15, -0.1) is 0 Å². The molecule has 4 nitrogen and oxygen atoms in total. The monoisotopic (exact) mass is 357 g/mol. The Balaban J connectivity index is 1.56. The number of nitrogens with two attached hydrogens (primary N) is 1. The van der Waals surface area contributed by atoms with Crippen LogP contribution in [0.5, 0.6) is 0 Å². The normalized spacial score (nSPS) is 13.6. The van der Waals surface area contributed by atoms with Crippen LogP contribution in [0.15, 0.2) is 59.0 Å². The van der Waals surface area contributed by atoms with Crippen molar-refractivity contribution in [2.24, 2.45) is 0 Å². The molecule has 3 aromatic rings. The van der Waals surface area contributed by atoms with Gasteiger partial charge in [-0.3, -0.25) is 4.79 Å². The number of carbonyl (C=O) groups excluding carboxylic acids is 1. The lowest BCUT2D eigenvalue weighted by atomic mass is 10.1. The Hall–Kier alpha value is -2.30. The standard InChI is InChI=1S/C20H21ClN2O2/c1-13(16-8-4-5-9-17(16)21)22-12-20(24)23-14(2)19-11-15-7-3-6-10-18(15)25-19/h3-11,13-14,22H,12H2,1-2H3,(H,23,24)/p+1/t13-,14-/m0/s1. The summed E-state index contributed by atoms with van der Waals surface area (Å²) in [5.41, 5.74) is 1.86. The first-order valence-corrected chi connectivity index (χ1v) is 8.78. The summed E-state index contributed by atoms with van der Waals surface area (Å²) in [6.07, 6.45) is 0. The molecule has 0 radical (unpaired) electrons. The van der Waals surface area contributed by atoms with Crippen LogP contribution < -0.4 is 10.6 Å². The average Bonchev–Trinajstić information content (AvgIpc) is 3.04. The van der Waals surface area contributed by atoms with E-state index in [1.807, 2.05) is 73.8 Å². The van der Waals surface area contributed by atoms with Crippen LogP contribution in [-0.4, -0.2) is 12.5 Å². The van der Waals surface area contributed by atoms with Gasteiger partial charge in [0.05, 0.1) is 6.04 Å². The first kappa shape index (κ1) is 17.5. The Kier molecular flexibility index (Phi) is 5.41. The molecule has 1 heterocycles. The lowest BCUT2D eigenvalue weighted by Crippen LogP contribution is -2.87. The summed E-state index contributed by atoms with van der Waals surface area (Å²) in [7, 11) is 0. The molecule has 0 unspecified atom stereocenters. The van der Waals surface area contributed by atoms with Crippen LogP contribution in [0.1, 0.15) is 37.3 Å². The number of carbonyl (C=O) groups is 1. The van der Waals surface area contributed by atoms with Gasteiger partial charge < -0.3 is 15.1 Å². The molecule has 3 rings (SSSR count). The number of furan rings is 1. The molecule has 1 aromatic heterocycles. The van der Waals surface area contributed by atoms with Gasteiger partial charge >= 0.3 is 0 Å². The van der Waals surface area contributed by atoms with Crippen LogP contribution >= 0.6 is 11.6 Å². The van der Waals surface area contributed by atoms with E-state index in [1.54, 1.807) is 0 Å². The summed E-state index contributed by atoms with van der Waals surface area (Å²) in [6.45, 7) is 4.29. The van der Waals surface area contributed by atoms with E-state index in [0.717, 1.165) is 27.3 Å². The van der Waals surface area contributed by atoms with E-state index >= 15 is 0 Å². The van der Waals surface area contributed by atoms with Gasteiger partial charge in [0, 0.05) is 16.0 Å². The quantitative estimate of drug-likeness (QED) is 0.708. The predicted octanol–water partition coefficient (Wildman–Crippen LogP) is 3.59. The third-order valence-corrected chi connectivity index (χ3v) is 4.65. The highest BCUT2D eigenvalue weighted by molar-refractivity contribution is 6.31. The number of fused-ring (bicyclic) bond motifs is 1. The van der Waals surface area contributed by atoms with Crippen molar-refractivity contribution in [1.29, 1.82) is 0 Å². The van der Waals surface area contributed by atoms with E-state index in [1.165, 1.54) is 0 Å². The number of hydrogen-bond acceptors (Lipinski definition) is 2. The number of rotatable bonds is 6. The number of nitrogens with one attached hydrogen (secondary N) is 1. The maximum Gasteiger partial charge on any atom is 0.275 e. The molecule has 0 aliphatic rings. The molecule has 25 heavy (non-hydrogen) atoms. The first-order chi connectivity index (χ1) is 12.0. The smallest absolute Gasteiger partial charge is 0.275 e. The highest BCUT2D eigenvalue weighted by Gasteiger charge is 2.17. The molecule has 130 valence electrons. The minimum Gasteiger partial charge on any atom is -0.459 e. The van der Waals surface area contributed by atoms with Gasteiger partial charge in [-0.25, -0.2) is 0 Å². The fraction of sp³-hybridized carbons (Fsp3) is 0.250. The van der Waals surface area contributed by atoms with Gasteiger partial charge in [-0.2, -0.15) is 0 Å². The van der Waals surface area contributed by atoms with Crippen LogP contribution in [0.2, 0.25) is 5.02 Å². The van der Waals surface area contributed by atoms with Crippen molar-refractivity contribution in [1.82, 2.24) is 5.32 Å². The lowest BCUT2D eigenvalue weighted by Gasteiger charge is -2.14. The summed E-state index contributed by atoms with van der Waals surface area (Å²) in [5, 5.41) is 6.72. The zero-order valence-electron chi connectivity index (χ0n) is 14.3. The molecule has 1 amide bonds. The van der Waals surface area contributed by atoms with Crippen molar-refractivity contribution in [2.75, 3.05) is 6.54 Å². The van der Waals surface area contributed by atoms with E-state index in [-0.39, 0.29) is 18.0 Å². The Labute approximate surface area is 152 Å². The lowest BCUT2D eigenvalue weighted by molar-refractivity contribution is -0.682. The van der Waals surface area contributed by atoms with Crippen LogP contribution in [0.3, 0.4) is 0 Å². The summed E-state index contributed by atoms with van der Waals surface area (Å²) >= 11 is 6.20. The van der Waals surface area contributed by atoms with Gasteiger partial charge in [0.15, 0.2) is 6.54 Å². The molecule has 0 spiro atoms. The number of para-hydroxylation sites is 1. The predicted molar refractivity (Wildman–Crippen MR) is 99.4 cm³/mol. The van der Waals surface area contributed by atoms with Crippen molar-refractivity contribution < 1.29 is 14.5 Å². The van der Waals surface area contributed by atoms with Gasteiger partial charge in [0.25, 0.3) is 5.91 Å².